The number of ether oxygens (including phenoxy) is 1. The standard InChI is InChI=1S/C14H20ClN3O2/c1-10-9-18(6-7-20-10)5-4-14(19)17-13-8-11(15)2-3-12(13)16/h2-3,8,10H,4-7,9,16H2,1H3,(H,17,19). The molecule has 0 aromatic heterocycles. The molecule has 110 valence electrons. The number of benzene rings is 1. The summed E-state index contributed by atoms with van der Waals surface area (Å²) in [5.41, 5.74) is 6.88. The smallest absolute Gasteiger partial charge is 0.225 e. The van der Waals surface area contributed by atoms with Crippen molar-refractivity contribution in [2.45, 2.75) is 19.4 Å². The van der Waals surface area contributed by atoms with Crippen molar-refractivity contribution in [2.24, 2.45) is 0 Å². The molecule has 1 fully saturated rings. The Hall–Kier alpha value is -1.30. The minimum absolute atomic E-state index is 0.0573. The van der Waals surface area contributed by atoms with Crippen molar-refractivity contribution < 1.29 is 9.53 Å². The summed E-state index contributed by atoms with van der Waals surface area (Å²) in [4.78, 5) is 14.2. The summed E-state index contributed by atoms with van der Waals surface area (Å²) in [5.74, 6) is -0.0573. The molecule has 0 bridgehead atoms. The molecule has 6 heteroatoms. The molecule has 1 aliphatic rings. The van der Waals surface area contributed by atoms with Crippen molar-refractivity contribution in [2.75, 3.05) is 37.3 Å². The lowest BCUT2D eigenvalue weighted by Crippen LogP contribution is -2.42. The first-order valence-electron chi connectivity index (χ1n) is 6.73. The van der Waals surface area contributed by atoms with Gasteiger partial charge < -0.3 is 15.8 Å². The molecule has 3 N–H and O–H groups in total. The second-order valence-electron chi connectivity index (χ2n) is 5.01. The van der Waals surface area contributed by atoms with Crippen LogP contribution in [0.1, 0.15) is 13.3 Å². The Morgan fingerprint density at radius 3 is 3.15 bits per heavy atom. The van der Waals surface area contributed by atoms with Gasteiger partial charge in [0, 0.05) is 31.1 Å². The van der Waals surface area contributed by atoms with Crippen LogP contribution in [0.25, 0.3) is 0 Å². The fourth-order valence-electron chi connectivity index (χ4n) is 2.20. The van der Waals surface area contributed by atoms with Crippen LogP contribution in [0.2, 0.25) is 5.02 Å². The maximum absolute atomic E-state index is 11.9. The summed E-state index contributed by atoms with van der Waals surface area (Å²) in [6.45, 7) is 5.23. The molecule has 1 aliphatic heterocycles. The molecule has 1 saturated heterocycles. The third-order valence-corrected chi connectivity index (χ3v) is 3.50. The molecule has 1 amide bonds. The fraction of sp³-hybridized carbons (Fsp3) is 0.500. The van der Waals surface area contributed by atoms with Crippen LogP contribution in [-0.4, -0.2) is 43.2 Å². The van der Waals surface area contributed by atoms with Crippen LogP contribution in [0.3, 0.4) is 0 Å². The number of amides is 1. The molecule has 0 saturated carbocycles. The molecule has 0 radical (unpaired) electrons. The first-order valence-corrected chi connectivity index (χ1v) is 7.11. The van der Waals surface area contributed by atoms with E-state index in [1.54, 1.807) is 18.2 Å². The van der Waals surface area contributed by atoms with Crippen molar-refractivity contribution in [3.63, 3.8) is 0 Å². The highest BCUT2D eigenvalue weighted by atomic mass is 35.5. The zero-order chi connectivity index (χ0) is 14.5. The van der Waals surface area contributed by atoms with Gasteiger partial charge in [0.05, 0.1) is 24.1 Å². The largest absolute Gasteiger partial charge is 0.397 e. The minimum Gasteiger partial charge on any atom is -0.397 e. The molecular formula is C14H20ClN3O2. The highest BCUT2D eigenvalue weighted by molar-refractivity contribution is 6.31. The molecular weight excluding hydrogens is 278 g/mol. The van der Waals surface area contributed by atoms with Gasteiger partial charge in [0.25, 0.3) is 0 Å². The maximum atomic E-state index is 11.9. The SMILES string of the molecule is CC1CN(CCC(=O)Nc2cc(Cl)ccc2N)CCO1. The Bertz CT molecular complexity index is 481. The topological polar surface area (TPSA) is 67.6 Å². The second kappa shape index (κ2) is 6.92. The van der Waals surface area contributed by atoms with Crippen molar-refractivity contribution >= 4 is 28.9 Å². The first kappa shape index (κ1) is 15.1. The Labute approximate surface area is 124 Å². The summed E-state index contributed by atoms with van der Waals surface area (Å²) >= 11 is 5.89. The van der Waals surface area contributed by atoms with E-state index >= 15 is 0 Å². The minimum atomic E-state index is -0.0573. The highest BCUT2D eigenvalue weighted by Gasteiger charge is 2.17. The highest BCUT2D eigenvalue weighted by Crippen LogP contribution is 2.23. The average Bonchev–Trinajstić information content (AvgIpc) is 2.41. The maximum Gasteiger partial charge on any atom is 0.225 e. The van der Waals surface area contributed by atoms with Crippen LogP contribution in [0.15, 0.2) is 18.2 Å². The van der Waals surface area contributed by atoms with Gasteiger partial charge in [0.15, 0.2) is 0 Å². The van der Waals surface area contributed by atoms with Crippen molar-refractivity contribution in [1.29, 1.82) is 0 Å². The summed E-state index contributed by atoms with van der Waals surface area (Å²) in [5, 5.41) is 3.35. The van der Waals surface area contributed by atoms with Gasteiger partial charge in [-0.05, 0) is 25.1 Å². The monoisotopic (exact) mass is 297 g/mol. The van der Waals surface area contributed by atoms with E-state index in [2.05, 4.69) is 10.2 Å². The Kier molecular flexibility index (Phi) is 5.23. The number of nitrogens with zero attached hydrogens (tertiary/aromatic N) is 1. The quantitative estimate of drug-likeness (QED) is 0.834. The van der Waals surface area contributed by atoms with E-state index < -0.39 is 0 Å². The number of hydrogen-bond donors (Lipinski definition) is 2. The number of carbonyl (C=O) groups excluding carboxylic acids is 1. The second-order valence-corrected chi connectivity index (χ2v) is 5.45. The van der Waals surface area contributed by atoms with E-state index in [0.717, 1.165) is 26.2 Å². The number of hydrogen-bond acceptors (Lipinski definition) is 4. The van der Waals surface area contributed by atoms with Gasteiger partial charge in [-0.15, -0.1) is 0 Å². The van der Waals surface area contributed by atoms with E-state index in [9.17, 15) is 4.79 Å². The van der Waals surface area contributed by atoms with Gasteiger partial charge in [0.1, 0.15) is 0 Å². The summed E-state index contributed by atoms with van der Waals surface area (Å²) in [6, 6.07) is 5.04. The molecule has 1 aromatic carbocycles. The summed E-state index contributed by atoms with van der Waals surface area (Å²) < 4.78 is 5.47. The molecule has 5 nitrogen and oxygen atoms in total. The third-order valence-electron chi connectivity index (χ3n) is 3.27. The van der Waals surface area contributed by atoms with Gasteiger partial charge in [-0.1, -0.05) is 11.6 Å². The van der Waals surface area contributed by atoms with Crippen LogP contribution in [-0.2, 0) is 9.53 Å². The number of morpholine rings is 1. The van der Waals surface area contributed by atoms with Crippen LogP contribution in [0.4, 0.5) is 11.4 Å². The van der Waals surface area contributed by atoms with Crippen LogP contribution >= 0.6 is 11.6 Å². The van der Waals surface area contributed by atoms with E-state index in [4.69, 9.17) is 22.1 Å². The molecule has 0 aliphatic carbocycles. The van der Waals surface area contributed by atoms with Gasteiger partial charge in [-0.3, -0.25) is 9.69 Å². The number of halogens is 1. The average molecular weight is 298 g/mol. The number of nitrogen functional groups attached to an aromatic ring is 1. The van der Waals surface area contributed by atoms with E-state index in [-0.39, 0.29) is 12.0 Å². The Morgan fingerprint density at radius 1 is 1.60 bits per heavy atom. The van der Waals surface area contributed by atoms with Crippen molar-refractivity contribution in [3.05, 3.63) is 23.2 Å². The lowest BCUT2D eigenvalue weighted by atomic mass is 10.2. The Morgan fingerprint density at radius 2 is 2.40 bits per heavy atom. The van der Waals surface area contributed by atoms with Crippen molar-refractivity contribution in [1.82, 2.24) is 4.90 Å². The molecule has 0 spiro atoms. The van der Waals surface area contributed by atoms with Crippen LogP contribution < -0.4 is 11.1 Å². The lowest BCUT2D eigenvalue weighted by molar-refractivity contribution is -0.117. The zero-order valence-corrected chi connectivity index (χ0v) is 12.3. The number of anilines is 2. The normalized spacial score (nSPS) is 19.8. The number of nitrogens with one attached hydrogen (secondary N) is 1. The number of rotatable bonds is 4. The van der Waals surface area contributed by atoms with Crippen LogP contribution in [0, 0.1) is 0 Å². The summed E-state index contributed by atoms with van der Waals surface area (Å²) in [6.07, 6.45) is 0.661. The third kappa shape index (κ3) is 4.37. The molecule has 1 aromatic rings. The van der Waals surface area contributed by atoms with Crippen molar-refractivity contribution in [3.8, 4) is 0 Å². The number of carbonyl (C=O) groups is 1. The Balaban J connectivity index is 1.82. The van der Waals surface area contributed by atoms with Crippen LogP contribution in [0.5, 0.6) is 0 Å². The predicted molar refractivity (Wildman–Crippen MR) is 81.0 cm³/mol. The van der Waals surface area contributed by atoms with Gasteiger partial charge in [-0.25, -0.2) is 0 Å². The first-order chi connectivity index (χ1) is 9.54. The molecule has 1 heterocycles. The van der Waals surface area contributed by atoms with Gasteiger partial charge in [0.2, 0.25) is 5.91 Å². The van der Waals surface area contributed by atoms with Gasteiger partial charge >= 0.3 is 0 Å². The molecule has 20 heavy (non-hydrogen) atoms. The predicted octanol–water partition coefficient (Wildman–Crippen LogP) is 1.97. The number of nitrogens with two attached hydrogens (primary N) is 1. The zero-order valence-electron chi connectivity index (χ0n) is 11.6. The molecule has 2 rings (SSSR count). The molecule has 1 atom stereocenters. The van der Waals surface area contributed by atoms with E-state index in [0.29, 0.717) is 22.8 Å². The van der Waals surface area contributed by atoms with E-state index in [1.807, 2.05) is 6.92 Å². The van der Waals surface area contributed by atoms with E-state index in [1.165, 1.54) is 0 Å². The summed E-state index contributed by atoms with van der Waals surface area (Å²) in [7, 11) is 0. The fourth-order valence-corrected chi connectivity index (χ4v) is 2.37. The molecule has 1 unspecified atom stereocenters. The van der Waals surface area contributed by atoms with Gasteiger partial charge in [-0.2, -0.15) is 0 Å². The lowest BCUT2D eigenvalue weighted by Gasteiger charge is -2.30.